The number of nitrogens with zero attached hydrogens (tertiary/aromatic N) is 1. The fraction of sp³-hybridized carbons (Fsp3) is 0.364. The first-order chi connectivity index (χ1) is 7.74. The number of halogens is 1. The number of aliphatic imine (C=N–C) groups is 1. The molecule has 1 aromatic rings. The third-order valence-electron chi connectivity index (χ3n) is 1.73. The van der Waals surface area contributed by atoms with Crippen LogP contribution in [0.15, 0.2) is 34.2 Å². The molecule has 0 unspecified atom stereocenters. The average Bonchev–Trinajstić information content (AvgIpc) is 2.32. The Bertz CT molecular complexity index is 325. The van der Waals surface area contributed by atoms with Crippen LogP contribution >= 0.6 is 12.1 Å². The molecule has 90 valence electrons. The van der Waals surface area contributed by atoms with E-state index >= 15 is 0 Å². The lowest BCUT2D eigenvalue weighted by atomic mass is 10.1. The molecule has 0 saturated carbocycles. The second kappa shape index (κ2) is 9.03. The minimum Gasteiger partial charge on any atom is -0.370 e. The SMILES string of the molecule is CC.NC(N)=NCCc1ccccc1SF. The summed E-state index contributed by atoms with van der Waals surface area (Å²) in [6, 6.07) is 7.26. The largest absolute Gasteiger partial charge is 0.370 e. The van der Waals surface area contributed by atoms with Gasteiger partial charge < -0.3 is 11.5 Å². The van der Waals surface area contributed by atoms with Gasteiger partial charge in [-0.3, -0.25) is 4.99 Å². The molecular formula is C11H18FN3S. The molecule has 0 bridgehead atoms. The molecule has 0 spiro atoms. The summed E-state index contributed by atoms with van der Waals surface area (Å²) in [5, 5.41) is 0. The molecular weight excluding hydrogens is 225 g/mol. The molecule has 0 atom stereocenters. The van der Waals surface area contributed by atoms with Gasteiger partial charge in [0, 0.05) is 11.4 Å². The van der Waals surface area contributed by atoms with Gasteiger partial charge in [-0.2, -0.15) is 3.89 Å². The molecule has 16 heavy (non-hydrogen) atoms. The average molecular weight is 243 g/mol. The molecule has 1 aromatic carbocycles. The van der Waals surface area contributed by atoms with Crippen LogP contribution in [0.4, 0.5) is 3.89 Å². The van der Waals surface area contributed by atoms with E-state index in [1.807, 2.05) is 26.0 Å². The molecule has 0 amide bonds. The van der Waals surface area contributed by atoms with Gasteiger partial charge in [0.2, 0.25) is 0 Å². The van der Waals surface area contributed by atoms with Crippen LogP contribution in [0.1, 0.15) is 19.4 Å². The Labute approximate surface area is 100 Å². The lowest BCUT2D eigenvalue weighted by Gasteiger charge is -2.02. The molecule has 3 nitrogen and oxygen atoms in total. The fourth-order valence-electron chi connectivity index (χ4n) is 1.09. The molecule has 0 aromatic heterocycles. The molecule has 1 rings (SSSR count). The number of hydrogen-bond donors (Lipinski definition) is 2. The van der Waals surface area contributed by atoms with Crippen molar-refractivity contribution in [3.05, 3.63) is 29.8 Å². The van der Waals surface area contributed by atoms with Crippen molar-refractivity contribution in [2.75, 3.05) is 6.54 Å². The van der Waals surface area contributed by atoms with Crippen LogP contribution in [0.25, 0.3) is 0 Å². The standard InChI is InChI=1S/C9H12FN3S.C2H6/c10-14-8-4-2-1-3-7(8)5-6-13-9(11)12;1-2/h1-4H,5-6H2,(H4,11,12,13);1-2H3. The van der Waals surface area contributed by atoms with Gasteiger partial charge in [-0.15, -0.1) is 0 Å². The maximum Gasteiger partial charge on any atom is 0.185 e. The highest BCUT2D eigenvalue weighted by Crippen LogP contribution is 2.23. The Hall–Kier alpha value is -1.23. The number of guanidine groups is 1. The second-order valence-electron chi connectivity index (χ2n) is 2.74. The third kappa shape index (κ3) is 5.60. The van der Waals surface area contributed by atoms with E-state index in [4.69, 9.17) is 11.5 Å². The topological polar surface area (TPSA) is 64.4 Å². The van der Waals surface area contributed by atoms with Crippen LogP contribution in [0.3, 0.4) is 0 Å². The number of rotatable bonds is 4. The molecule has 0 radical (unpaired) electrons. The van der Waals surface area contributed by atoms with E-state index in [1.165, 1.54) is 0 Å². The third-order valence-corrected chi connectivity index (χ3v) is 2.30. The van der Waals surface area contributed by atoms with E-state index in [9.17, 15) is 3.89 Å². The highest BCUT2D eigenvalue weighted by molar-refractivity contribution is 7.94. The first kappa shape index (κ1) is 14.8. The molecule has 0 aliphatic rings. The van der Waals surface area contributed by atoms with Crippen molar-refractivity contribution in [3.63, 3.8) is 0 Å². The predicted octanol–water partition coefficient (Wildman–Crippen LogP) is 2.51. The summed E-state index contributed by atoms with van der Waals surface area (Å²) >= 11 is 0.243. The molecule has 0 fully saturated rings. The van der Waals surface area contributed by atoms with Crippen molar-refractivity contribution in [1.82, 2.24) is 0 Å². The zero-order valence-electron chi connectivity index (χ0n) is 9.61. The predicted molar refractivity (Wildman–Crippen MR) is 69.1 cm³/mol. The van der Waals surface area contributed by atoms with E-state index in [0.717, 1.165) is 5.56 Å². The summed E-state index contributed by atoms with van der Waals surface area (Å²) < 4.78 is 12.4. The Morgan fingerprint density at radius 3 is 2.50 bits per heavy atom. The van der Waals surface area contributed by atoms with E-state index in [1.54, 1.807) is 12.1 Å². The van der Waals surface area contributed by atoms with Gasteiger partial charge in [0.15, 0.2) is 5.96 Å². The van der Waals surface area contributed by atoms with Crippen LogP contribution < -0.4 is 11.5 Å². The van der Waals surface area contributed by atoms with Crippen molar-refractivity contribution < 1.29 is 3.89 Å². The molecule has 4 N–H and O–H groups in total. The summed E-state index contributed by atoms with van der Waals surface area (Å²) in [6.45, 7) is 4.49. The fourth-order valence-corrected chi connectivity index (χ4v) is 1.49. The van der Waals surface area contributed by atoms with Gasteiger partial charge in [-0.05, 0) is 18.1 Å². The first-order valence-corrected chi connectivity index (χ1v) is 5.87. The van der Waals surface area contributed by atoms with E-state index in [-0.39, 0.29) is 18.1 Å². The molecule has 0 saturated heterocycles. The smallest absolute Gasteiger partial charge is 0.185 e. The zero-order chi connectivity index (χ0) is 12.4. The summed E-state index contributed by atoms with van der Waals surface area (Å²) in [5.74, 6) is 0.0652. The van der Waals surface area contributed by atoms with Gasteiger partial charge in [-0.25, -0.2) is 0 Å². The van der Waals surface area contributed by atoms with Gasteiger partial charge in [0.25, 0.3) is 0 Å². The van der Waals surface area contributed by atoms with Crippen molar-refractivity contribution >= 4 is 18.1 Å². The van der Waals surface area contributed by atoms with E-state index in [0.29, 0.717) is 17.9 Å². The lowest BCUT2D eigenvalue weighted by molar-refractivity contribution is 0.908. The van der Waals surface area contributed by atoms with Crippen molar-refractivity contribution in [3.8, 4) is 0 Å². The van der Waals surface area contributed by atoms with E-state index in [2.05, 4.69) is 4.99 Å². The lowest BCUT2D eigenvalue weighted by Crippen LogP contribution is -2.23. The van der Waals surface area contributed by atoms with Crippen molar-refractivity contribution in [1.29, 1.82) is 0 Å². The minimum atomic E-state index is 0.0652. The van der Waals surface area contributed by atoms with Crippen molar-refractivity contribution in [2.24, 2.45) is 16.5 Å². The van der Waals surface area contributed by atoms with Crippen LogP contribution in [0.5, 0.6) is 0 Å². The van der Waals surface area contributed by atoms with Gasteiger partial charge >= 0.3 is 0 Å². The maximum atomic E-state index is 12.4. The highest BCUT2D eigenvalue weighted by atomic mass is 32.2. The quantitative estimate of drug-likeness (QED) is 0.631. The number of benzene rings is 1. The van der Waals surface area contributed by atoms with Crippen LogP contribution in [0, 0.1) is 0 Å². The second-order valence-corrected chi connectivity index (χ2v) is 3.34. The normalized spacial score (nSPS) is 8.94. The Balaban J connectivity index is 0.00000106. The maximum absolute atomic E-state index is 12.4. The molecule has 0 aliphatic heterocycles. The van der Waals surface area contributed by atoms with Crippen LogP contribution in [-0.2, 0) is 6.42 Å². The van der Waals surface area contributed by atoms with Gasteiger partial charge in [0.05, 0.1) is 12.1 Å². The number of nitrogens with two attached hydrogens (primary N) is 2. The molecule has 5 heteroatoms. The van der Waals surface area contributed by atoms with Crippen molar-refractivity contribution in [2.45, 2.75) is 25.2 Å². The summed E-state index contributed by atoms with van der Waals surface area (Å²) in [5.41, 5.74) is 11.3. The Morgan fingerprint density at radius 1 is 1.31 bits per heavy atom. The summed E-state index contributed by atoms with van der Waals surface area (Å²) in [4.78, 5) is 4.46. The number of hydrogen-bond acceptors (Lipinski definition) is 2. The minimum absolute atomic E-state index is 0.0652. The molecule has 0 heterocycles. The first-order valence-electron chi connectivity index (χ1n) is 5.16. The molecule has 0 aliphatic carbocycles. The highest BCUT2D eigenvalue weighted by Gasteiger charge is 2.01. The Morgan fingerprint density at radius 2 is 1.94 bits per heavy atom. The summed E-state index contributed by atoms with van der Waals surface area (Å²) in [7, 11) is 0. The van der Waals surface area contributed by atoms with E-state index < -0.39 is 0 Å². The Kier molecular flexibility index (Phi) is 8.34. The summed E-state index contributed by atoms with van der Waals surface area (Å²) in [6.07, 6.45) is 0.644. The zero-order valence-corrected chi connectivity index (χ0v) is 10.4. The van der Waals surface area contributed by atoms with Gasteiger partial charge in [-0.1, -0.05) is 32.0 Å². The van der Waals surface area contributed by atoms with Crippen LogP contribution in [0.2, 0.25) is 0 Å². The van der Waals surface area contributed by atoms with Crippen LogP contribution in [-0.4, -0.2) is 12.5 Å². The monoisotopic (exact) mass is 243 g/mol. The van der Waals surface area contributed by atoms with Gasteiger partial charge in [0.1, 0.15) is 0 Å².